The second-order valence-corrected chi connectivity index (χ2v) is 10.2. The number of carbonyl (C=O) groups excluding carboxylic acids is 3. The van der Waals surface area contributed by atoms with Crippen LogP contribution in [0, 0.1) is 11.8 Å². The fraction of sp³-hybridized carbons (Fsp3) is 0.560. The zero-order valence-electron chi connectivity index (χ0n) is 20.1. The first-order valence-electron chi connectivity index (χ1n) is 11.7. The summed E-state index contributed by atoms with van der Waals surface area (Å²) in [5.41, 5.74) is -1.51. The van der Waals surface area contributed by atoms with E-state index in [1.165, 1.54) is 0 Å². The Morgan fingerprint density at radius 3 is 2.42 bits per heavy atom. The van der Waals surface area contributed by atoms with Gasteiger partial charge in [0, 0.05) is 12.3 Å². The second kappa shape index (κ2) is 8.31. The predicted molar refractivity (Wildman–Crippen MR) is 117 cm³/mol. The van der Waals surface area contributed by atoms with Crippen molar-refractivity contribution in [2.24, 2.45) is 11.8 Å². The number of fused-ring (bicyclic) bond motifs is 4. The average Bonchev–Trinajstić information content (AvgIpc) is 3.19. The van der Waals surface area contributed by atoms with E-state index < -0.39 is 65.7 Å². The van der Waals surface area contributed by atoms with E-state index in [4.69, 9.17) is 18.9 Å². The molecule has 194 valence electrons. The lowest BCUT2D eigenvalue weighted by Gasteiger charge is -2.32. The van der Waals surface area contributed by atoms with E-state index in [-0.39, 0.29) is 23.0 Å². The van der Waals surface area contributed by atoms with Crippen molar-refractivity contribution in [2.45, 2.75) is 62.5 Å². The molecular weight excluding hydrogens is 483 g/mol. The first-order valence-corrected chi connectivity index (χ1v) is 11.7. The van der Waals surface area contributed by atoms with Crippen molar-refractivity contribution in [3.63, 3.8) is 0 Å². The van der Waals surface area contributed by atoms with Gasteiger partial charge in [0.25, 0.3) is 0 Å². The van der Waals surface area contributed by atoms with Gasteiger partial charge in [0.05, 0.1) is 34.3 Å². The molecule has 2 fully saturated rings. The summed E-state index contributed by atoms with van der Waals surface area (Å²) < 4.78 is 61.9. The molecule has 0 aromatic heterocycles. The summed E-state index contributed by atoms with van der Waals surface area (Å²) in [5, 5.41) is 0. The van der Waals surface area contributed by atoms with E-state index in [0.29, 0.717) is 6.42 Å². The Morgan fingerprint density at radius 2 is 1.81 bits per heavy atom. The Kier molecular flexibility index (Phi) is 5.71. The maximum absolute atomic E-state index is 13.0. The summed E-state index contributed by atoms with van der Waals surface area (Å²) >= 11 is 0. The smallest absolute Gasteiger partial charge is 0.416 e. The highest BCUT2D eigenvalue weighted by molar-refractivity contribution is 5.93. The van der Waals surface area contributed by atoms with E-state index in [0.717, 1.165) is 24.3 Å². The number of alkyl halides is 3. The average molecular weight is 509 g/mol. The maximum atomic E-state index is 13.0. The van der Waals surface area contributed by atoms with E-state index in [1.54, 1.807) is 32.0 Å². The Bertz CT molecular complexity index is 1130. The van der Waals surface area contributed by atoms with Gasteiger partial charge in [-0.3, -0.25) is 9.69 Å². The molecule has 0 radical (unpaired) electrons. The topological polar surface area (TPSA) is 94.7 Å². The second-order valence-electron chi connectivity index (χ2n) is 10.2. The molecule has 1 unspecified atom stereocenters. The van der Waals surface area contributed by atoms with Crippen LogP contribution in [0.5, 0.6) is 0 Å². The number of esters is 3. The van der Waals surface area contributed by atoms with Gasteiger partial charge in [0.15, 0.2) is 6.10 Å². The molecular formula is C25H26F3NO7. The third-order valence-corrected chi connectivity index (χ3v) is 7.57. The first kappa shape index (κ1) is 24.8. The summed E-state index contributed by atoms with van der Waals surface area (Å²) in [7, 11) is 3.42. The molecule has 0 amide bonds. The van der Waals surface area contributed by atoms with Crippen molar-refractivity contribution < 1.29 is 46.5 Å². The number of likely N-dealkylation sites (N-methyl/N-ethyl adjacent to an activating group) is 1. The Morgan fingerprint density at radius 1 is 1.14 bits per heavy atom. The summed E-state index contributed by atoms with van der Waals surface area (Å²) in [4.78, 5) is 40.1. The fourth-order valence-electron chi connectivity index (χ4n) is 5.63. The largest absolute Gasteiger partial charge is 0.462 e. The zero-order valence-corrected chi connectivity index (χ0v) is 20.1. The van der Waals surface area contributed by atoms with Gasteiger partial charge in [-0.15, -0.1) is 0 Å². The van der Waals surface area contributed by atoms with Crippen LogP contribution in [0.4, 0.5) is 13.2 Å². The summed E-state index contributed by atoms with van der Waals surface area (Å²) in [6, 6.07) is 2.96. The molecule has 2 bridgehead atoms. The molecule has 0 saturated carbocycles. The Hall–Kier alpha value is -2.92. The molecule has 0 spiro atoms. The molecule has 3 heterocycles. The number of carbonyl (C=O) groups is 3. The molecule has 1 aliphatic carbocycles. The SMILES string of the molecule is CC1C(=O)O[C@H]2C[C@]3(C)O[C@H]3[C@H](OC(=O)c3ccc(C(F)(F)F)cc3)[C@@H](N(C)C)C3=C[C@@H](OC3=O)[C@H]12. The molecule has 1 aromatic carbocycles. The van der Waals surface area contributed by atoms with Crippen molar-refractivity contribution in [3.05, 3.63) is 47.0 Å². The number of nitrogens with zero attached hydrogens (tertiary/aromatic N) is 1. The van der Waals surface area contributed by atoms with Crippen LogP contribution in [0.2, 0.25) is 0 Å². The van der Waals surface area contributed by atoms with E-state index >= 15 is 0 Å². The normalized spacial score (nSPS) is 37.4. The highest BCUT2D eigenvalue weighted by atomic mass is 19.4. The number of benzene rings is 1. The van der Waals surface area contributed by atoms with Crippen LogP contribution in [0.1, 0.15) is 36.2 Å². The summed E-state index contributed by atoms with van der Waals surface area (Å²) in [6.07, 6.45) is -5.45. The van der Waals surface area contributed by atoms with E-state index in [1.807, 2.05) is 6.92 Å². The van der Waals surface area contributed by atoms with Crippen molar-refractivity contribution >= 4 is 17.9 Å². The van der Waals surface area contributed by atoms with Crippen LogP contribution in [0.15, 0.2) is 35.9 Å². The minimum Gasteiger partial charge on any atom is -0.462 e. The lowest BCUT2D eigenvalue weighted by Crippen LogP contribution is -2.49. The highest BCUT2D eigenvalue weighted by Gasteiger charge is 2.65. The van der Waals surface area contributed by atoms with Gasteiger partial charge >= 0.3 is 24.1 Å². The number of ether oxygens (including phenoxy) is 4. The van der Waals surface area contributed by atoms with Crippen molar-refractivity contribution in [2.75, 3.05) is 14.1 Å². The lowest BCUT2D eigenvalue weighted by atomic mass is 9.79. The van der Waals surface area contributed by atoms with Crippen LogP contribution >= 0.6 is 0 Å². The molecule has 8 nitrogen and oxygen atoms in total. The highest BCUT2D eigenvalue weighted by Crippen LogP contribution is 2.51. The quantitative estimate of drug-likeness (QED) is 0.349. The number of hydrogen-bond donors (Lipinski definition) is 0. The lowest BCUT2D eigenvalue weighted by molar-refractivity contribution is -0.144. The van der Waals surface area contributed by atoms with Crippen molar-refractivity contribution in [1.82, 2.24) is 4.90 Å². The number of epoxide rings is 1. The maximum Gasteiger partial charge on any atom is 0.416 e. The number of hydrogen-bond acceptors (Lipinski definition) is 8. The number of halogens is 3. The Labute approximate surface area is 205 Å². The van der Waals surface area contributed by atoms with Crippen LogP contribution in [0.3, 0.4) is 0 Å². The van der Waals surface area contributed by atoms with Gasteiger partial charge in [-0.2, -0.15) is 13.2 Å². The van der Waals surface area contributed by atoms with Gasteiger partial charge in [-0.1, -0.05) is 6.92 Å². The minimum atomic E-state index is -4.54. The van der Waals surface area contributed by atoms with E-state index in [2.05, 4.69) is 0 Å². The van der Waals surface area contributed by atoms with Crippen LogP contribution < -0.4 is 0 Å². The molecule has 2 saturated heterocycles. The van der Waals surface area contributed by atoms with Crippen molar-refractivity contribution in [1.29, 1.82) is 0 Å². The zero-order chi connectivity index (χ0) is 26.2. The molecule has 1 aromatic rings. The standard InChI is InChI=1S/C25H26F3NO7/c1-11-17-15-9-14(23(32)33-15)18(29(3)4)19(20-24(2,36-20)10-16(17)34-21(11)30)35-22(31)12-5-7-13(8-6-12)25(26,27)28/h5-9,11,15-20H,10H2,1-4H3/t11?,15-,16+,17+,18+,19-,20+,24+/m1/s1. The van der Waals surface area contributed by atoms with Gasteiger partial charge in [-0.25, -0.2) is 9.59 Å². The number of rotatable bonds is 3. The fourth-order valence-corrected chi connectivity index (χ4v) is 5.63. The third-order valence-electron chi connectivity index (χ3n) is 7.57. The molecule has 3 aliphatic heterocycles. The molecule has 0 N–H and O–H groups in total. The van der Waals surface area contributed by atoms with Gasteiger partial charge in [0.2, 0.25) is 0 Å². The van der Waals surface area contributed by atoms with Crippen molar-refractivity contribution in [3.8, 4) is 0 Å². The molecule has 36 heavy (non-hydrogen) atoms. The monoisotopic (exact) mass is 509 g/mol. The molecule has 8 atom stereocenters. The van der Waals surface area contributed by atoms with Gasteiger partial charge in [0.1, 0.15) is 18.3 Å². The first-order chi connectivity index (χ1) is 16.8. The summed E-state index contributed by atoms with van der Waals surface area (Å²) in [5.74, 6) is -2.68. The van der Waals surface area contributed by atoms with Gasteiger partial charge < -0.3 is 18.9 Å². The molecule has 4 aliphatic rings. The predicted octanol–water partition coefficient (Wildman–Crippen LogP) is 2.75. The molecule has 11 heteroatoms. The van der Waals surface area contributed by atoms with Crippen LogP contribution in [-0.2, 0) is 34.7 Å². The van der Waals surface area contributed by atoms with Crippen LogP contribution in [-0.4, -0.2) is 73.0 Å². The Balaban J connectivity index is 1.49. The van der Waals surface area contributed by atoms with Crippen LogP contribution in [0.25, 0.3) is 0 Å². The van der Waals surface area contributed by atoms with Gasteiger partial charge in [-0.05, 0) is 51.4 Å². The molecule has 5 rings (SSSR count). The van der Waals surface area contributed by atoms with E-state index in [9.17, 15) is 27.6 Å². The summed E-state index contributed by atoms with van der Waals surface area (Å²) in [6.45, 7) is 3.56. The minimum absolute atomic E-state index is 0.0700. The third kappa shape index (κ3) is 4.07.